The van der Waals surface area contributed by atoms with Crippen molar-refractivity contribution in [2.24, 2.45) is 0 Å². The van der Waals surface area contributed by atoms with Crippen molar-refractivity contribution in [1.82, 2.24) is 0 Å². The molecule has 0 atom stereocenters. The summed E-state index contributed by atoms with van der Waals surface area (Å²) in [6, 6.07) is 0. The molecule has 0 aromatic carbocycles. The lowest BCUT2D eigenvalue weighted by atomic mass is 9.89. The summed E-state index contributed by atoms with van der Waals surface area (Å²) in [6.45, 7) is 0. The maximum Gasteiger partial charge on any atom is 0.249 e. The van der Waals surface area contributed by atoms with Crippen molar-refractivity contribution in [2.75, 3.05) is 0 Å². The van der Waals surface area contributed by atoms with Gasteiger partial charge < -0.3 is 0 Å². The predicted octanol–water partition coefficient (Wildman–Crippen LogP) is 6.71. The summed E-state index contributed by atoms with van der Waals surface area (Å²) >= 11 is 0. The summed E-state index contributed by atoms with van der Waals surface area (Å²) in [5.41, 5.74) is 2.96. The molecule has 2 aliphatic rings. The van der Waals surface area contributed by atoms with Gasteiger partial charge >= 0.3 is 0 Å². The van der Waals surface area contributed by atoms with Crippen LogP contribution in [0.25, 0.3) is 0 Å². The van der Waals surface area contributed by atoms with E-state index in [2.05, 4.69) is 6.08 Å². The lowest BCUT2D eigenvalue weighted by Crippen LogP contribution is -2.08. The summed E-state index contributed by atoms with van der Waals surface area (Å²) < 4.78 is 0. The topological polar surface area (TPSA) is 43.1 Å². The third-order valence-electron chi connectivity index (χ3n) is 5.34. The zero-order chi connectivity index (χ0) is 16.3. The van der Waals surface area contributed by atoms with Gasteiger partial charge in [-0.15, -0.1) is 0 Å². The van der Waals surface area contributed by atoms with Crippen LogP contribution in [0, 0.1) is 10.1 Å². The maximum absolute atomic E-state index is 11.7. The zero-order valence-corrected chi connectivity index (χ0v) is 14.7. The highest BCUT2D eigenvalue weighted by Crippen LogP contribution is 2.31. The first-order chi connectivity index (χ1) is 11.3. The third kappa shape index (κ3) is 6.48. The number of hydrogen-bond acceptors (Lipinski definition) is 2. The van der Waals surface area contributed by atoms with E-state index < -0.39 is 0 Å². The standard InChI is InChI=1S/C20H33NO2/c22-21(23)20-17-13-9-5-4-8-12-16-19(20)18-14-10-6-2-1-3-7-11-15-18/h14H,1-13,15-17H2. The van der Waals surface area contributed by atoms with Gasteiger partial charge in [0.2, 0.25) is 5.70 Å². The monoisotopic (exact) mass is 319 g/mol. The molecule has 0 radical (unpaired) electrons. The van der Waals surface area contributed by atoms with E-state index in [9.17, 15) is 10.1 Å². The zero-order valence-electron chi connectivity index (χ0n) is 14.7. The largest absolute Gasteiger partial charge is 0.259 e. The van der Waals surface area contributed by atoms with E-state index in [0.717, 1.165) is 44.1 Å². The second kappa shape index (κ2) is 10.6. The molecule has 2 rings (SSSR count). The molecule has 3 heteroatoms. The minimum atomic E-state index is -0.0728. The Bertz CT molecular complexity index is 437. The second-order valence-corrected chi connectivity index (χ2v) is 7.19. The molecule has 0 aliphatic heterocycles. The van der Waals surface area contributed by atoms with Gasteiger partial charge in [0.15, 0.2) is 0 Å². The Labute approximate surface area is 141 Å². The van der Waals surface area contributed by atoms with Gasteiger partial charge in [0.25, 0.3) is 0 Å². The molecule has 0 amide bonds. The highest BCUT2D eigenvalue weighted by atomic mass is 16.6. The fourth-order valence-electron chi connectivity index (χ4n) is 3.96. The molecule has 0 fully saturated rings. The van der Waals surface area contributed by atoms with Crippen molar-refractivity contribution >= 4 is 0 Å². The van der Waals surface area contributed by atoms with E-state index in [1.54, 1.807) is 0 Å². The number of rotatable bonds is 2. The minimum Gasteiger partial charge on any atom is -0.259 e. The van der Waals surface area contributed by atoms with Crippen molar-refractivity contribution in [3.63, 3.8) is 0 Å². The molecule has 0 bridgehead atoms. The van der Waals surface area contributed by atoms with Crippen LogP contribution in [0.2, 0.25) is 0 Å². The summed E-state index contributed by atoms with van der Waals surface area (Å²) in [5.74, 6) is 0. The molecule has 0 unspecified atom stereocenters. The van der Waals surface area contributed by atoms with Gasteiger partial charge in [-0.3, -0.25) is 10.1 Å². The molecule has 0 saturated heterocycles. The van der Waals surface area contributed by atoms with Gasteiger partial charge in [0, 0.05) is 12.0 Å². The molecule has 0 aromatic rings. The Kier molecular flexibility index (Phi) is 8.41. The van der Waals surface area contributed by atoms with Crippen molar-refractivity contribution in [2.45, 2.75) is 103 Å². The van der Waals surface area contributed by atoms with Gasteiger partial charge in [0.1, 0.15) is 0 Å². The normalized spacial score (nSPS) is 23.0. The SMILES string of the molecule is O=[N+]([O-])C1=C(C2=CCCCCCCCC2)CCCCCCCC1. The summed E-state index contributed by atoms with van der Waals surface area (Å²) in [4.78, 5) is 11.6. The van der Waals surface area contributed by atoms with Gasteiger partial charge in [-0.1, -0.05) is 57.4 Å². The quantitative estimate of drug-likeness (QED) is 0.419. The van der Waals surface area contributed by atoms with E-state index in [0.29, 0.717) is 12.1 Å². The molecule has 130 valence electrons. The first-order valence-corrected chi connectivity index (χ1v) is 9.85. The van der Waals surface area contributed by atoms with E-state index in [1.165, 1.54) is 63.4 Å². The van der Waals surface area contributed by atoms with Crippen LogP contribution in [0.1, 0.15) is 103 Å². The molecule has 0 aromatic heterocycles. The van der Waals surface area contributed by atoms with Crippen molar-refractivity contribution in [1.29, 1.82) is 0 Å². The lowest BCUT2D eigenvalue weighted by Gasteiger charge is -2.16. The van der Waals surface area contributed by atoms with Crippen molar-refractivity contribution < 1.29 is 4.92 Å². The molecular weight excluding hydrogens is 286 g/mol. The minimum absolute atomic E-state index is 0.0728. The Morgan fingerprint density at radius 3 is 1.87 bits per heavy atom. The third-order valence-corrected chi connectivity index (χ3v) is 5.34. The lowest BCUT2D eigenvalue weighted by molar-refractivity contribution is -0.429. The highest BCUT2D eigenvalue weighted by Gasteiger charge is 2.21. The molecule has 0 N–H and O–H groups in total. The molecule has 0 spiro atoms. The summed E-state index contributed by atoms with van der Waals surface area (Å²) in [7, 11) is 0. The Morgan fingerprint density at radius 1 is 0.696 bits per heavy atom. The van der Waals surface area contributed by atoms with E-state index in [-0.39, 0.29) is 4.92 Å². The van der Waals surface area contributed by atoms with Gasteiger partial charge in [-0.2, -0.15) is 0 Å². The first kappa shape index (κ1) is 18.2. The average molecular weight is 319 g/mol. The average Bonchev–Trinajstić information content (AvgIpc) is 2.56. The van der Waals surface area contributed by atoms with Gasteiger partial charge in [-0.05, 0) is 50.5 Å². The predicted molar refractivity (Wildman–Crippen MR) is 96.0 cm³/mol. The highest BCUT2D eigenvalue weighted by molar-refractivity contribution is 5.33. The second-order valence-electron chi connectivity index (χ2n) is 7.19. The first-order valence-electron chi connectivity index (χ1n) is 9.85. The Hall–Kier alpha value is -1.12. The van der Waals surface area contributed by atoms with Crippen molar-refractivity contribution in [3.05, 3.63) is 33.0 Å². The van der Waals surface area contributed by atoms with Crippen LogP contribution in [0.5, 0.6) is 0 Å². The molecular formula is C20H33NO2. The van der Waals surface area contributed by atoms with Crippen LogP contribution < -0.4 is 0 Å². The van der Waals surface area contributed by atoms with Crippen LogP contribution in [-0.4, -0.2) is 4.92 Å². The fraction of sp³-hybridized carbons (Fsp3) is 0.800. The Morgan fingerprint density at radius 2 is 1.22 bits per heavy atom. The molecule has 23 heavy (non-hydrogen) atoms. The molecule has 0 saturated carbocycles. The fourth-order valence-corrected chi connectivity index (χ4v) is 3.96. The number of allylic oxidation sites excluding steroid dienone is 4. The molecule has 0 heterocycles. The van der Waals surface area contributed by atoms with E-state index in [1.807, 2.05) is 0 Å². The van der Waals surface area contributed by atoms with Crippen LogP contribution in [-0.2, 0) is 0 Å². The number of nitro groups is 1. The van der Waals surface area contributed by atoms with E-state index >= 15 is 0 Å². The smallest absolute Gasteiger partial charge is 0.249 e. The Balaban J connectivity index is 2.24. The summed E-state index contributed by atoms with van der Waals surface area (Å²) in [5, 5.41) is 11.7. The maximum atomic E-state index is 11.7. The van der Waals surface area contributed by atoms with Crippen molar-refractivity contribution in [3.8, 4) is 0 Å². The summed E-state index contributed by atoms with van der Waals surface area (Å²) in [6.07, 6.45) is 20.8. The van der Waals surface area contributed by atoms with Crippen LogP contribution >= 0.6 is 0 Å². The van der Waals surface area contributed by atoms with Crippen LogP contribution in [0.4, 0.5) is 0 Å². The van der Waals surface area contributed by atoms with Crippen LogP contribution in [0.15, 0.2) is 22.9 Å². The van der Waals surface area contributed by atoms with Crippen LogP contribution in [0.3, 0.4) is 0 Å². The molecule has 3 nitrogen and oxygen atoms in total. The molecule has 2 aliphatic carbocycles. The number of nitrogens with zero attached hydrogens (tertiary/aromatic N) is 1. The van der Waals surface area contributed by atoms with E-state index in [4.69, 9.17) is 0 Å². The van der Waals surface area contributed by atoms with Gasteiger partial charge in [0.05, 0.1) is 4.92 Å². The van der Waals surface area contributed by atoms with Gasteiger partial charge in [-0.25, -0.2) is 0 Å². The number of hydrogen-bond donors (Lipinski definition) is 0.